The molecule has 0 atom stereocenters. The summed E-state index contributed by atoms with van der Waals surface area (Å²) in [6.07, 6.45) is 0. The molecule has 1 heterocycles. The number of hydrogen-bond acceptors (Lipinski definition) is 4. The SMILES string of the molecule is O=C(O)c1ccc2c(c1)NC(c1ccccc1)=C(C(=O)c1ccccc1)S2. The lowest BCUT2D eigenvalue weighted by Crippen LogP contribution is -2.14. The average Bonchev–Trinajstić information content (AvgIpc) is 2.73. The highest BCUT2D eigenvalue weighted by Crippen LogP contribution is 2.44. The maximum atomic E-state index is 13.2. The van der Waals surface area contributed by atoms with Crippen molar-refractivity contribution in [1.29, 1.82) is 0 Å². The van der Waals surface area contributed by atoms with Gasteiger partial charge >= 0.3 is 5.97 Å². The van der Waals surface area contributed by atoms with Crippen LogP contribution in [0.3, 0.4) is 0 Å². The molecule has 3 aromatic carbocycles. The zero-order chi connectivity index (χ0) is 18.8. The Kier molecular flexibility index (Phi) is 4.52. The Morgan fingerprint density at radius 1 is 0.815 bits per heavy atom. The molecule has 0 radical (unpaired) electrons. The van der Waals surface area contributed by atoms with Crippen molar-refractivity contribution >= 4 is 34.9 Å². The minimum atomic E-state index is -0.985. The van der Waals surface area contributed by atoms with Gasteiger partial charge in [0.2, 0.25) is 5.78 Å². The van der Waals surface area contributed by atoms with Gasteiger partial charge in [-0.05, 0) is 23.8 Å². The first-order valence-electron chi connectivity index (χ1n) is 8.35. The van der Waals surface area contributed by atoms with Crippen LogP contribution in [-0.2, 0) is 0 Å². The van der Waals surface area contributed by atoms with E-state index in [1.807, 2.05) is 48.5 Å². The number of carbonyl (C=O) groups excluding carboxylic acids is 1. The van der Waals surface area contributed by atoms with E-state index in [1.165, 1.54) is 11.8 Å². The molecule has 0 saturated heterocycles. The zero-order valence-electron chi connectivity index (χ0n) is 14.2. The fourth-order valence-electron chi connectivity index (χ4n) is 2.89. The molecule has 3 aromatic rings. The van der Waals surface area contributed by atoms with Crippen LogP contribution in [0.4, 0.5) is 5.69 Å². The first-order chi connectivity index (χ1) is 13.1. The Morgan fingerprint density at radius 2 is 1.48 bits per heavy atom. The predicted octanol–water partition coefficient (Wildman–Crippen LogP) is 5.15. The van der Waals surface area contributed by atoms with Crippen LogP contribution in [0.2, 0.25) is 0 Å². The van der Waals surface area contributed by atoms with E-state index < -0.39 is 5.97 Å². The number of carboxylic acid groups (broad SMARTS) is 1. The lowest BCUT2D eigenvalue weighted by atomic mass is 10.1. The van der Waals surface area contributed by atoms with Gasteiger partial charge in [-0.2, -0.15) is 0 Å². The number of carboxylic acids is 1. The molecule has 4 rings (SSSR count). The third-order valence-electron chi connectivity index (χ3n) is 4.23. The minimum Gasteiger partial charge on any atom is -0.478 e. The quantitative estimate of drug-likeness (QED) is 0.619. The van der Waals surface area contributed by atoms with Crippen LogP contribution in [0.25, 0.3) is 5.70 Å². The summed E-state index contributed by atoms with van der Waals surface area (Å²) in [7, 11) is 0. The van der Waals surface area contributed by atoms with E-state index in [-0.39, 0.29) is 11.3 Å². The summed E-state index contributed by atoms with van der Waals surface area (Å²) in [5, 5.41) is 12.5. The van der Waals surface area contributed by atoms with Gasteiger partial charge in [0.05, 0.1) is 21.9 Å². The van der Waals surface area contributed by atoms with E-state index in [9.17, 15) is 14.7 Å². The molecule has 132 valence electrons. The van der Waals surface area contributed by atoms with E-state index in [0.29, 0.717) is 21.9 Å². The molecule has 0 bridgehead atoms. The van der Waals surface area contributed by atoms with Gasteiger partial charge in [-0.1, -0.05) is 72.4 Å². The third kappa shape index (κ3) is 3.37. The highest BCUT2D eigenvalue weighted by atomic mass is 32.2. The number of anilines is 1. The van der Waals surface area contributed by atoms with Crippen molar-refractivity contribution in [2.75, 3.05) is 5.32 Å². The number of hydrogen-bond donors (Lipinski definition) is 2. The molecule has 0 unspecified atom stereocenters. The highest BCUT2D eigenvalue weighted by Gasteiger charge is 2.26. The fourth-order valence-corrected chi connectivity index (χ4v) is 3.95. The maximum Gasteiger partial charge on any atom is 0.335 e. The molecule has 0 amide bonds. The second-order valence-electron chi connectivity index (χ2n) is 6.01. The van der Waals surface area contributed by atoms with Gasteiger partial charge in [0, 0.05) is 10.5 Å². The number of fused-ring (bicyclic) bond motifs is 1. The largest absolute Gasteiger partial charge is 0.478 e. The van der Waals surface area contributed by atoms with Gasteiger partial charge < -0.3 is 10.4 Å². The van der Waals surface area contributed by atoms with E-state index >= 15 is 0 Å². The first-order valence-corrected chi connectivity index (χ1v) is 9.17. The lowest BCUT2D eigenvalue weighted by Gasteiger charge is -2.24. The second kappa shape index (κ2) is 7.13. The summed E-state index contributed by atoms with van der Waals surface area (Å²) in [6.45, 7) is 0. The van der Waals surface area contributed by atoms with Crippen molar-refractivity contribution < 1.29 is 14.7 Å². The third-order valence-corrected chi connectivity index (χ3v) is 5.40. The van der Waals surface area contributed by atoms with Crippen molar-refractivity contribution in [3.05, 3.63) is 100 Å². The summed E-state index contributed by atoms with van der Waals surface area (Å²) in [4.78, 5) is 25.9. The summed E-state index contributed by atoms with van der Waals surface area (Å²) in [5.41, 5.74) is 3.05. The normalized spacial score (nSPS) is 12.9. The molecule has 0 spiro atoms. The maximum absolute atomic E-state index is 13.2. The number of Topliss-reactive ketones (excluding diaryl/α,β-unsaturated/α-hetero) is 1. The second-order valence-corrected chi connectivity index (χ2v) is 7.06. The van der Waals surface area contributed by atoms with Crippen molar-refractivity contribution in [3.63, 3.8) is 0 Å². The molecule has 1 aliphatic rings. The van der Waals surface area contributed by atoms with Crippen LogP contribution >= 0.6 is 11.8 Å². The van der Waals surface area contributed by atoms with Gasteiger partial charge in [-0.3, -0.25) is 4.79 Å². The zero-order valence-corrected chi connectivity index (χ0v) is 15.0. The van der Waals surface area contributed by atoms with E-state index in [2.05, 4.69) is 5.32 Å². The molecule has 5 heteroatoms. The predicted molar refractivity (Wildman–Crippen MR) is 107 cm³/mol. The molecule has 0 aromatic heterocycles. The number of benzene rings is 3. The summed E-state index contributed by atoms with van der Waals surface area (Å²) in [5.74, 6) is -1.05. The number of ketones is 1. The van der Waals surface area contributed by atoms with Crippen LogP contribution in [0, 0.1) is 0 Å². The van der Waals surface area contributed by atoms with Crippen LogP contribution in [0.5, 0.6) is 0 Å². The molecule has 2 N–H and O–H groups in total. The molecule has 0 fully saturated rings. The number of nitrogens with one attached hydrogen (secondary N) is 1. The monoisotopic (exact) mass is 373 g/mol. The van der Waals surface area contributed by atoms with Crippen molar-refractivity contribution in [2.45, 2.75) is 4.90 Å². The topological polar surface area (TPSA) is 66.4 Å². The summed E-state index contributed by atoms with van der Waals surface area (Å²) < 4.78 is 0. The Labute approximate surface area is 160 Å². The Morgan fingerprint density at radius 3 is 2.15 bits per heavy atom. The molecular weight excluding hydrogens is 358 g/mol. The smallest absolute Gasteiger partial charge is 0.335 e. The van der Waals surface area contributed by atoms with Crippen LogP contribution in [0.1, 0.15) is 26.3 Å². The van der Waals surface area contributed by atoms with Gasteiger partial charge in [0.15, 0.2) is 0 Å². The number of aromatic carboxylic acids is 1. The van der Waals surface area contributed by atoms with Gasteiger partial charge in [-0.15, -0.1) is 0 Å². The highest BCUT2D eigenvalue weighted by molar-refractivity contribution is 8.04. The first kappa shape index (κ1) is 17.1. The average molecular weight is 373 g/mol. The Hall–Kier alpha value is -3.31. The van der Waals surface area contributed by atoms with Gasteiger partial charge in [0.1, 0.15) is 0 Å². The molecule has 4 nitrogen and oxygen atoms in total. The molecular formula is C22H15NO3S. The minimum absolute atomic E-state index is 0.0695. The van der Waals surface area contributed by atoms with E-state index in [0.717, 1.165) is 10.5 Å². The summed E-state index contributed by atoms with van der Waals surface area (Å²) in [6, 6.07) is 23.6. The Bertz CT molecular complexity index is 1060. The number of thioether (sulfide) groups is 1. The standard InChI is InChI=1S/C22H15NO3S/c24-20(15-9-5-2-6-10-15)21-19(14-7-3-1-4-8-14)23-17-13-16(22(25)26)11-12-18(17)27-21/h1-13,23H,(H,25,26). The van der Waals surface area contributed by atoms with Crippen molar-refractivity contribution in [3.8, 4) is 0 Å². The molecule has 1 aliphatic heterocycles. The van der Waals surface area contributed by atoms with Gasteiger partial charge in [-0.25, -0.2) is 4.79 Å². The van der Waals surface area contributed by atoms with E-state index in [1.54, 1.807) is 30.3 Å². The van der Waals surface area contributed by atoms with Crippen LogP contribution in [-0.4, -0.2) is 16.9 Å². The van der Waals surface area contributed by atoms with E-state index in [4.69, 9.17) is 0 Å². The van der Waals surface area contributed by atoms with Crippen molar-refractivity contribution in [1.82, 2.24) is 0 Å². The summed E-state index contributed by atoms with van der Waals surface area (Å²) >= 11 is 1.36. The number of carbonyl (C=O) groups is 2. The van der Waals surface area contributed by atoms with Crippen LogP contribution in [0.15, 0.2) is 88.7 Å². The molecule has 0 saturated carbocycles. The Balaban J connectivity index is 1.83. The van der Waals surface area contributed by atoms with Gasteiger partial charge in [0.25, 0.3) is 0 Å². The van der Waals surface area contributed by atoms with Crippen molar-refractivity contribution in [2.24, 2.45) is 0 Å². The number of allylic oxidation sites excluding steroid dienone is 1. The van der Waals surface area contributed by atoms with Crippen LogP contribution < -0.4 is 5.32 Å². The number of rotatable bonds is 4. The molecule has 0 aliphatic carbocycles. The lowest BCUT2D eigenvalue weighted by molar-refractivity contribution is 0.0696. The molecule has 27 heavy (non-hydrogen) atoms. The fraction of sp³-hybridized carbons (Fsp3) is 0.